The van der Waals surface area contributed by atoms with Crippen LogP contribution in [-0.4, -0.2) is 41.2 Å². The van der Waals surface area contributed by atoms with Crippen LogP contribution in [0.5, 0.6) is 17.2 Å². The first-order valence-corrected chi connectivity index (χ1v) is 11.9. The highest BCUT2D eigenvalue weighted by Gasteiger charge is 2.24. The van der Waals surface area contributed by atoms with E-state index in [4.69, 9.17) is 0 Å². The van der Waals surface area contributed by atoms with Crippen LogP contribution in [0.15, 0.2) is 59.6 Å². The van der Waals surface area contributed by atoms with Crippen LogP contribution in [0.4, 0.5) is 0 Å². The monoisotopic (exact) mass is 475 g/mol. The van der Waals surface area contributed by atoms with Gasteiger partial charge in [0.25, 0.3) is 0 Å². The second kappa shape index (κ2) is 11.9. The van der Waals surface area contributed by atoms with Gasteiger partial charge in [0, 0.05) is 61.0 Å². The van der Waals surface area contributed by atoms with E-state index >= 15 is 0 Å². The highest BCUT2D eigenvalue weighted by molar-refractivity contribution is 5.84. The number of para-hydroxylation sites is 3. The molecule has 0 saturated heterocycles. The molecule has 0 aliphatic rings. The van der Waals surface area contributed by atoms with Gasteiger partial charge in [0.1, 0.15) is 17.2 Å². The third kappa shape index (κ3) is 7.07. The Morgan fingerprint density at radius 1 is 0.714 bits per heavy atom. The molecule has 0 amide bonds. The molecule has 3 aromatic carbocycles. The van der Waals surface area contributed by atoms with E-state index in [1.54, 1.807) is 6.21 Å². The fourth-order valence-corrected chi connectivity index (χ4v) is 4.05. The summed E-state index contributed by atoms with van der Waals surface area (Å²) in [6.07, 6.45) is 1.72. The van der Waals surface area contributed by atoms with E-state index in [-0.39, 0.29) is 11.2 Å². The van der Waals surface area contributed by atoms with Crippen LogP contribution in [0.2, 0.25) is 0 Å². The van der Waals surface area contributed by atoms with E-state index in [2.05, 4.69) is 22.5 Å². The van der Waals surface area contributed by atoms with Crippen LogP contribution in [0.3, 0.4) is 0 Å². The van der Waals surface area contributed by atoms with Crippen LogP contribution in [0.25, 0.3) is 0 Å². The van der Waals surface area contributed by atoms with Gasteiger partial charge in [-0.05, 0) is 43.5 Å². The maximum atomic E-state index is 10.3. The summed E-state index contributed by atoms with van der Waals surface area (Å²) >= 11 is 0. The van der Waals surface area contributed by atoms with Crippen LogP contribution < -0.4 is 10.6 Å². The third-order valence-electron chi connectivity index (χ3n) is 6.35. The van der Waals surface area contributed by atoms with E-state index < -0.39 is 0 Å². The van der Waals surface area contributed by atoms with Crippen LogP contribution in [0.1, 0.15) is 40.3 Å². The molecule has 0 spiro atoms. The second-order valence-electron chi connectivity index (χ2n) is 9.67. The molecular weight excluding hydrogens is 438 g/mol. The molecule has 0 aromatic heterocycles. The number of nitrogens with zero attached hydrogens (tertiary/aromatic N) is 1. The summed E-state index contributed by atoms with van der Waals surface area (Å²) in [6.45, 7) is 10.7. The Morgan fingerprint density at radius 2 is 1.17 bits per heavy atom. The van der Waals surface area contributed by atoms with Gasteiger partial charge in [0.15, 0.2) is 0 Å². The highest BCUT2D eigenvalue weighted by Crippen LogP contribution is 2.24. The Morgan fingerprint density at radius 3 is 1.69 bits per heavy atom. The maximum absolute atomic E-state index is 10.3. The second-order valence-corrected chi connectivity index (χ2v) is 9.67. The van der Waals surface area contributed by atoms with Gasteiger partial charge in [-0.15, -0.1) is 0 Å². The van der Waals surface area contributed by atoms with E-state index in [0.717, 1.165) is 27.8 Å². The lowest BCUT2D eigenvalue weighted by Gasteiger charge is -2.29. The van der Waals surface area contributed by atoms with Gasteiger partial charge in [0.05, 0.1) is 0 Å². The average Bonchev–Trinajstić information content (AvgIpc) is 2.82. The first-order valence-electron chi connectivity index (χ1n) is 11.9. The van der Waals surface area contributed by atoms with Gasteiger partial charge in [-0.2, -0.15) is 0 Å². The number of benzene rings is 3. The maximum Gasteiger partial charge on any atom is 0.127 e. The number of rotatable bonds is 11. The lowest BCUT2D eigenvalue weighted by atomic mass is 9.90. The van der Waals surface area contributed by atoms with E-state index in [1.165, 1.54) is 0 Å². The zero-order valence-electron chi connectivity index (χ0n) is 21.1. The SMILES string of the molecule is Cc1cccc(C=NCC(C)(CNCc2cccc(C)c2O)CNCc2cccc(C)c2O)c1O. The molecule has 186 valence electrons. The van der Waals surface area contributed by atoms with Gasteiger partial charge >= 0.3 is 0 Å². The molecule has 35 heavy (non-hydrogen) atoms. The van der Waals surface area contributed by atoms with Crippen LogP contribution in [-0.2, 0) is 13.1 Å². The Bertz CT molecular complexity index is 1120. The zero-order valence-corrected chi connectivity index (χ0v) is 21.1. The first kappa shape index (κ1) is 26.3. The molecule has 0 saturated carbocycles. The quantitative estimate of drug-likeness (QED) is 0.258. The van der Waals surface area contributed by atoms with Gasteiger partial charge in [-0.25, -0.2) is 0 Å². The summed E-state index contributed by atoms with van der Waals surface area (Å²) < 4.78 is 0. The van der Waals surface area contributed by atoms with Crippen molar-refractivity contribution in [3.8, 4) is 17.2 Å². The molecule has 5 N–H and O–H groups in total. The van der Waals surface area contributed by atoms with E-state index in [9.17, 15) is 15.3 Å². The molecule has 0 bridgehead atoms. The molecule has 0 fully saturated rings. The minimum Gasteiger partial charge on any atom is -0.507 e. The smallest absolute Gasteiger partial charge is 0.127 e. The molecule has 0 atom stereocenters. The molecule has 0 heterocycles. The van der Waals surface area contributed by atoms with Crippen molar-refractivity contribution in [1.29, 1.82) is 0 Å². The summed E-state index contributed by atoms with van der Waals surface area (Å²) in [5.74, 6) is 0.893. The number of hydrogen-bond acceptors (Lipinski definition) is 6. The summed E-state index contributed by atoms with van der Waals surface area (Å²) in [5, 5.41) is 37.9. The molecule has 3 rings (SSSR count). The number of hydrogen-bond donors (Lipinski definition) is 5. The minimum atomic E-state index is -0.255. The van der Waals surface area contributed by atoms with Crippen molar-refractivity contribution in [2.24, 2.45) is 10.4 Å². The number of phenolic OH excluding ortho intramolecular Hbond substituents is 3. The van der Waals surface area contributed by atoms with Crippen molar-refractivity contribution in [3.05, 3.63) is 88.0 Å². The molecule has 0 aliphatic heterocycles. The Labute approximate surface area is 208 Å². The zero-order chi connectivity index (χ0) is 25.4. The molecule has 6 heteroatoms. The van der Waals surface area contributed by atoms with E-state index in [1.807, 2.05) is 75.4 Å². The topological polar surface area (TPSA) is 97.1 Å². The lowest BCUT2D eigenvalue weighted by molar-refractivity contribution is 0.296. The predicted octanol–water partition coefficient (Wildman–Crippen LogP) is 4.73. The van der Waals surface area contributed by atoms with E-state index in [0.29, 0.717) is 49.8 Å². The molecule has 0 unspecified atom stereocenters. The molecular formula is C29H37N3O3. The van der Waals surface area contributed by atoms with Gasteiger partial charge in [0.2, 0.25) is 0 Å². The fourth-order valence-electron chi connectivity index (χ4n) is 4.05. The molecule has 3 aromatic rings. The summed E-state index contributed by atoms with van der Waals surface area (Å²) in [5.41, 5.74) is 4.69. The van der Waals surface area contributed by atoms with Gasteiger partial charge < -0.3 is 26.0 Å². The number of phenols is 3. The van der Waals surface area contributed by atoms with Crippen molar-refractivity contribution >= 4 is 6.21 Å². The van der Waals surface area contributed by atoms with Crippen molar-refractivity contribution in [2.45, 2.75) is 40.8 Å². The standard InChI is InChI=1S/C29H37N3O3/c1-20-8-5-11-23(26(20)33)14-30-17-29(4,18-31-15-24-12-6-9-21(2)27(24)34)19-32-16-25-13-7-10-22(3)28(25)35/h5-14,31-35H,15-19H2,1-4H3. The predicted molar refractivity (Wildman–Crippen MR) is 143 cm³/mol. The normalized spacial score (nSPS) is 11.9. The number of aliphatic imine (C=N–C) groups is 1. The molecule has 6 nitrogen and oxygen atoms in total. The number of aryl methyl sites for hydroxylation is 3. The van der Waals surface area contributed by atoms with Crippen molar-refractivity contribution in [3.63, 3.8) is 0 Å². The largest absolute Gasteiger partial charge is 0.507 e. The van der Waals surface area contributed by atoms with Gasteiger partial charge in [-0.1, -0.05) is 55.5 Å². The summed E-state index contributed by atoms with van der Waals surface area (Å²) in [7, 11) is 0. The number of nitrogens with one attached hydrogen (secondary N) is 2. The van der Waals surface area contributed by atoms with Crippen LogP contribution in [0, 0.1) is 26.2 Å². The summed E-state index contributed by atoms with van der Waals surface area (Å²) in [6, 6.07) is 17.1. The highest BCUT2D eigenvalue weighted by atomic mass is 16.3. The average molecular weight is 476 g/mol. The third-order valence-corrected chi connectivity index (χ3v) is 6.35. The Balaban J connectivity index is 1.68. The first-order chi connectivity index (χ1) is 16.7. The Hall–Kier alpha value is -3.35. The van der Waals surface area contributed by atoms with Crippen molar-refractivity contribution in [2.75, 3.05) is 19.6 Å². The molecule has 0 aliphatic carbocycles. The van der Waals surface area contributed by atoms with Crippen molar-refractivity contribution < 1.29 is 15.3 Å². The van der Waals surface area contributed by atoms with Crippen LogP contribution >= 0.6 is 0 Å². The summed E-state index contributed by atoms with van der Waals surface area (Å²) in [4.78, 5) is 4.67. The molecule has 0 radical (unpaired) electrons. The lowest BCUT2D eigenvalue weighted by Crippen LogP contribution is -2.42. The Kier molecular flexibility index (Phi) is 8.90. The fraction of sp³-hybridized carbons (Fsp3) is 0.345. The minimum absolute atomic E-state index is 0.249. The van der Waals surface area contributed by atoms with Gasteiger partial charge in [-0.3, -0.25) is 4.99 Å². The van der Waals surface area contributed by atoms with Crippen molar-refractivity contribution in [1.82, 2.24) is 10.6 Å². The number of aromatic hydroxyl groups is 3.